The fourth-order valence-electron chi connectivity index (χ4n) is 2.07. The summed E-state index contributed by atoms with van der Waals surface area (Å²) in [6, 6.07) is 13.7. The highest BCUT2D eigenvalue weighted by molar-refractivity contribution is 14.1. The van der Waals surface area contributed by atoms with Crippen molar-refractivity contribution in [1.82, 2.24) is 4.98 Å². The summed E-state index contributed by atoms with van der Waals surface area (Å²) in [5, 5.41) is 20.6. The molecular weight excluding hydrogens is 449 g/mol. The molecule has 1 heterocycles. The molecule has 130 valence electrons. The highest BCUT2D eigenvalue weighted by atomic mass is 127. The number of benzene rings is 2. The van der Waals surface area contributed by atoms with Crippen molar-refractivity contribution >= 4 is 52.3 Å². The second-order valence-electron chi connectivity index (χ2n) is 5.16. The highest BCUT2D eigenvalue weighted by Gasteiger charge is 2.09. The maximum Gasteiger partial charge on any atom is 0.312 e. The first kappa shape index (κ1) is 17.8. The van der Waals surface area contributed by atoms with Crippen LogP contribution in [0.3, 0.4) is 0 Å². The minimum Gasteiger partial charge on any atom is -0.479 e. The quantitative estimate of drug-likeness (QED) is 0.254. The fraction of sp³-hybridized carbons (Fsp3) is 0. The lowest BCUT2D eigenvalue weighted by molar-refractivity contribution is -0.384. The predicted octanol–water partition coefficient (Wildman–Crippen LogP) is 4.81. The molecule has 0 atom stereocenters. The summed E-state index contributed by atoms with van der Waals surface area (Å²) in [5.41, 5.74) is 1.53. The van der Waals surface area contributed by atoms with Crippen LogP contribution in [-0.4, -0.2) is 21.2 Å². The lowest BCUT2D eigenvalue weighted by Crippen LogP contribution is -1.87. The van der Waals surface area contributed by atoms with Crippen LogP contribution in [0, 0.1) is 13.7 Å². The first-order valence-corrected chi connectivity index (χ1v) is 8.51. The second-order valence-corrected chi connectivity index (χ2v) is 6.41. The van der Waals surface area contributed by atoms with Crippen LogP contribution in [-0.2, 0) is 0 Å². The Bertz CT molecular complexity index is 994. The Balaban J connectivity index is 1.76. The van der Waals surface area contributed by atoms with Crippen LogP contribution in [0.2, 0.25) is 0 Å². The summed E-state index contributed by atoms with van der Waals surface area (Å²) in [7, 11) is 0. The molecule has 3 aromatic rings. The average molecular weight is 461 g/mol. The Morgan fingerprint density at radius 2 is 1.96 bits per heavy atom. The molecule has 0 fully saturated rings. The average Bonchev–Trinajstić information content (AvgIpc) is 2.99. The number of nitro benzene ring substituents is 1. The fourth-order valence-corrected chi connectivity index (χ4v) is 2.43. The molecule has 0 saturated heterocycles. The summed E-state index contributed by atoms with van der Waals surface area (Å²) in [6.45, 7) is 0. The van der Waals surface area contributed by atoms with Gasteiger partial charge in [0, 0.05) is 21.8 Å². The monoisotopic (exact) mass is 461 g/mol. The van der Waals surface area contributed by atoms with Crippen molar-refractivity contribution < 1.29 is 14.4 Å². The molecular formula is C18H12IN3O4. The van der Waals surface area contributed by atoms with E-state index in [2.05, 4.69) is 32.6 Å². The minimum atomic E-state index is -0.465. The largest absolute Gasteiger partial charge is 0.479 e. The van der Waals surface area contributed by atoms with Crippen LogP contribution in [0.15, 0.2) is 57.9 Å². The number of aromatic nitrogens is 1. The van der Waals surface area contributed by atoms with Gasteiger partial charge in [0.15, 0.2) is 5.69 Å². The van der Waals surface area contributed by atoms with E-state index in [1.807, 2.05) is 24.3 Å². The third-order valence-electron chi connectivity index (χ3n) is 3.31. The topological polar surface area (TPSA) is 102 Å². The number of halogens is 1. The Hall–Kier alpha value is -3.01. The Kier molecular flexibility index (Phi) is 5.42. The molecule has 26 heavy (non-hydrogen) atoms. The summed E-state index contributed by atoms with van der Waals surface area (Å²) in [5.74, 6) is -0.184. The second kappa shape index (κ2) is 7.91. The molecule has 1 N–H and O–H groups in total. The first-order valence-electron chi connectivity index (χ1n) is 7.43. The lowest BCUT2D eigenvalue weighted by atomic mass is 10.2. The number of nitrogens with zero attached hydrogens (tertiary/aromatic N) is 3. The third-order valence-corrected chi connectivity index (χ3v) is 4.03. The predicted molar refractivity (Wildman–Crippen MR) is 107 cm³/mol. The van der Waals surface area contributed by atoms with E-state index in [-0.39, 0.29) is 23.2 Å². The molecule has 0 bridgehead atoms. The Labute approximate surface area is 162 Å². The summed E-state index contributed by atoms with van der Waals surface area (Å²) >= 11 is 2.20. The zero-order valence-corrected chi connectivity index (χ0v) is 15.4. The van der Waals surface area contributed by atoms with E-state index in [0.29, 0.717) is 5.56 Å². The number of nitro groups is 1. The number of oxazole rings is 1. The smallest absolute Gasteiger partial charge is 0.312 e. The van der Waals surface area contributed by atoms with E-state index in [0.717, 1.165) is 9.26 Å². The van der Waals surface area contributed by atoms with Crippen molar-refractivity contribution in [3.63, 3.8) is 0 Å². The van der Waals surface area contributed by atoms with E-state index in [4.69, 9.17) is 4.42 Å². The first-order chi connectivity index (χ1) is 12.5. The Morgan fingerprint density at radius 3 is 2.69 bits per heavy atom. The molecule has 3 rings (SSSR count). The summed E-state index contributed by atoms with van der Waals surface area (Å²) in [4.78, 5) is 18.7. The highest BCUT2D eigenvalue weighted by Crippen LogP contribution is 2.21. The van der Waals surface area contributed by atoms with Crippen LogP contribution in [0.5, 0.6) is 5.95 Å². The Morgan fingerprint density at radius 1 is 1.19 bits per heavy atom. The molecule has 0 aliphatic carbocycles. The maximum atomic E-state index is 10.8. The van der Waals surface area contributed by atoms with Gasteiger partial charge in [0.1, 0.15) is 0 Å². The van der Waals surface area contributed by atoms with Crippen LogP contribution in [0.1, 0.15) is 17.1 Å². The van der Waals surface area contributed by atoms with Gasteiger partial charge in [0.2, 0.25) is 5.89 Å². The molecule has 7 nitrogen and oxygen atoms in total. The van der Waals surface area contributed by atoms with E-state index < -0.39 is 4.92 Å². The molecule has 0 aliphatic rings. The number of rotatable bonds is 5. The van der Waals surface area contributed by atoms with Gasteiger partial charge in [-0.2, -0.15) is 0 Å². The molecule has 0 spiro atoms. The number of aromatic hydroxyl groups is 1. The molecule has 0 radical (unpaired) electrons. The number of non-ortho nitro benzene ring substituents is 1. The van der Waals surface area contributed by atoms with Crippen LogP contribution >= 0.6 is 22.6 Å². The van der Waals surface area contributed by atoms with Crippen LogP contribution in [0.25, 0.3) is 12.2 Å². The van der Waals surface area contributed by atoms with Gasteiger partial charge in [-0.05, 0) is 58.5 Å². The van der Waals surface area contributed by atoms with Crippen molar-refractivity contribution in [2.75, 3.05) is 0 Å². The normalized spacial score (nSPS) is 11.4. The maximum absolute atomic E-state index is 10.8. The number of hydrogen-bond donors (Lipinski definition) is 1. The van der Waals surface area contributed by atoms with E-state index >= 15 is 0 Å². The van der Waals surface area contributed by atoms with E-state index in [1.165, 1.54) is 24.4 Å². The third kappa shape index (κ3) is 4.54. The molecule has 0 unspecified atom stereocenters. The van der Waals surface area contributed by atoms with E-state index in [9.17, 15) is 15.2 Å². The van der Waals surface area contributed by atoms with Gasteiger partial charge < -0.3 is 9.52 Å². The van der Waals surface area contributed by atoms with Gasteiger partial charge in [-0.25, -0.2) is 4.98 Å². The number of aliphatic imine (C=N–C) groups is 1. The van der Waals surface area contributed by atoms with Crippen molar-refractivity contribution in [3.8, 4) is 5.95 Å². The van der Waals surface area contributed by atoms with Crippen molar-refractivity contribution in [1.29, 1.82) is 0 Å². The van der Waals surface area contributed by atoms with Crippen LogP contribution in [0.4, 0.5) is 11.4 Å². The molecule has 0 aliphatic heterocycles. The van der Waals surface area contributed by atoms with Gasteiger partial charge in [-0.1, -0.05) is 12.1 Å². The van der Waals surface area contributed by atoms with Crippen molar-refractivity contribution in [2.24, 2.45) is 4.99 Å². The van der Waals surface area contributed by atoms with E-state index in [1.54, 1.807) is 18.2 Å². The molecule has 1 aromatic heterocycles. The van der Waals surface area contributed by atoms with Gasteiger partial charge in [0.25, 0.3) is 5.69 Å². The summed E-state index contributed by atoms with van der Waals surface area (Å²) in [6.07, 6.45) is 4.53. The van der Waals surface area contributed by atoms with Gasteiger partial charge in [0.05, 0.1) is 16.8 Å². The van der Waals surface area contributed by atoms with Gasteiger partial charge >= 0.3 is 5.95 Å². The van der Waals surface area contributed by atoms with Crippen molar-refractivity contribution in [2.45, 2.75) is 0 Å². The van der Waals surface area contributed by atoms with Crippen molar-refractivity contribution in [3.05, 3.63) is 79.4 Å². The SMILES string of the molecule is O=[N+]([O-])c1cccc(C=Cc2nc(C=Nc3ccc(I)cc3)c(O)o2)c1. The minimum absolute atomic E-state index is 0.00672. The lowest BCUT2D eigenvalue weighted by Gasteiger charge is -1.93. The zero-order chi connectivity index (χ0) is 18.5. The zero-order valence-electron chi connectivity index (χ0n) is 13.2. The standard InChI is InChI=1S/C18H12IN3O4/c19-13-5-7-14(8-6-13)20-11-16-18(23)26-17(21-16)9-4-12-2-1-3-15(10-12)22(24)25/h1-11,23H. The van der Waals surface area contributed by atoms with Gasteiger partial charge in [-0.15, -0.1) is 0 Å². The summed E-state index contributed by atoms with van der Waals surface area (Å²) < 4.78 is 6.25. The number of hydrogen-bond acceptors (Lipinski definition) is 6. The van der Waals surface area contributed by atoms with Gasteiger partial charge in [-0.3, -0.25) is 15.1 Å². The van der Waals surface area contributed by atoms with Crippen LogP contribution < -0.4 is 0 Å². The molecule has 0 saturated carbocycles. The molecule has 2 aromatic carbocycles. The molecule has 0 amide bonds. The molecule has 8 heteroatoms.